The molecule has 0 aromatic heterocycles. The Kier molecular flexibility index (Phi) is 9.52. The van der Waals surface area contributed by atoms with Crippen LogP contribution in [0.4, 0.5) is 10.1 Å². The average Bonchev–Trinajstić information content (AvgIpc) is 2.76. The zero-order valence-corrected chi connectivity index (χ0v) is 23.9. The fourth-order valence-corrected chi connectivity index (χ4v) is 4.75. The number of rotatable bonds is 9. The molecule has 2 aromatic carbocycles. The van der Waals surface area contributed by atoms with E-state index in [1.54, 1.807) is 31.2 Å². The number of halogens is 1. The molecule has 0 unspecified atom stereocenters. The summed E-state index contributed by atoms with van der Waals surface area (Å²) in [6, 6.07) is 11.9. The van der Waals surface area contributed by atoms with Crippen LogP contribution in [0.25, 0.3) is 0 Å². The molecule has 37 heavy (non-hydrogen) atoms. The second-order valence-electron chi connectivity index (χ2n) is 11.4. The standard InChI is InChI=1S/C28H40FN3O4S/c1-9-24(26(34)30-28(5,6)7)31(18-20-10-14-22(29)15-11-20)25(33)19-32(37(8,35)36)23-16-12-21(13-17-23)27(2,3)4/h10-17,24H,9,18-19H2,1-8H3,(H,30,34)/t24-/m1/s1. The predicted octanol–water partition coefficient (Wildman–Crippen LogP) is 4.61. The van der Waals surface area contributed by atoms with Crippen molar-refractivity contribution in [1.82, 2.24) is 10.2 Å². The Morgan fingerprint density at radius 1 is 0.946 bits per heavy atom. The van der Waals surface area contributed by atoms with Crippen LogP contribution >= 0.6 is 0 Å². The van der Waals surface area contributed by atoms with Crippen molar-refractivity contribution >= 4 is 27.5 Å². The highest BCUT2D eigenvalue weighted by Crippen LogP contribution is 2.26. The van der Waals surface area contributed by atoms with Crippen molar-refractivity contribution < 1.29 is 22.4 Å². The molecular formula is C28H40FN3O4S. The monoisotopic (exact) mass is 533 g/mol. The van der Waals surface area contributed by atoms with E-state index >= 15 is 0 Å². The molecule has 9 heteroatoms. The summed E-state index contributed by atoms with van der Waals surface area (Å²) in [5.41, 5.74) is 1.36. The van der Waals surface area contributed by atoms with E-state index in [4.69, 9.17) is 0 Å². The quantitative estimate of drug-likeness (QED) is 0.510. The summed E-state index contributed by atoms with van der Waals surface area (Å²) in [4.78, 5) is 28.2. The highest BCUT2D eigenvalue weighted by atomic mass is 32.2. The smallest absolute Gasteiger partial charge is 0.244 e. The number of hydrogen-bond donors (Lipinski definition) is 1. The summed E-state index contributed by atoms with van der Waals surface area (Å²) in [6.45, 7) is 13.0. The molecule has 1 atom stereocenters. The Hall–Kier alpha value is -2.94. The SMILES string of the molecule is CC[C@H](C(=O)NC(C)(C)C)N(Cc1ccc(F)cc1)C(=O)CN(c1ccc(C(C)(C)C)cc1)S(C)(=O)=O. The summed E-state index contributed by atoms with van der Waals surface area (Å²) < 4.78 is 40.1. The van der Waals surface area contributed by atoms with Crippen LogP contribution in [0.2, 0.25) is 0 Å². The summed E-state index contributed by atoms with van der Waals surface area (Å²) in [7, 11) is -3.82. The number of sulfonamides is 1. The molecule has 0 aliphatic heterocycles. The fraction of sp³-hybridized carbons (Fsp3) is 0.500. The first kappa shape index (κ1) is 30.3. The maximum absolute atomic E-state index is 13.7. The molecule has 0 aliphatic carbocycles. The van der Waals surface area contributed by atoms with E-state index < -0.39 is 39.9 Å². The van der Waals surface area contributed by atoms with Crippen molar-refractivity contribution in [2.45, 2.75) is 78.4 Å². The minimum atomic E-state index is -3.82. The van der Waals surface area contributed by atoms with Crippen molar-refractivity contribution in [2.75, 3.05) is 17.1 Å². The van der Waals surface area contributed by atoms with E-state index in [0.717, 1.165) is 16.1 Å². The van der Waals surface area contributed by atoms with Gasteiger partial charge in [-0.2, -0.15) is 0 Å². The van der Waals surface area contributed by atoms with Crippen LogP contribution in [-0.4, -0.2) is 49.5 Å². The lowest BCUT2D eigenvalue weighted by Gasteiger charge is -2.34. The summed E-state index contributed by atoms with van der Waals surface area (Å²) in [5, 5.41) is 2.91. The molecule has 0 radical (unpaired) electrons. The molecule has 7 nitrogen and oxygen atoms in total. The van der Waals surface area contributed by atoms with E-state index in [9.17, 15) is 22.4 Å². The molecule has 0 aliphatic rings. The summed E-state index contributed by atoms with van der Waals surface area (Å²) >= 11 is 0. The lowest BCUT2D eigenvalue weighted by Crippen LogP contribution is -2.55. The third-order valence-electron chi connectivity index (χ3n) is 5.85. The molecule has 2 rings (SSSR count). The van der Waals surface area contributed by atoms with Gasteiger partial charge in [-0.15, -0.1) is 0 Å². The molecule has 0 saturated heterocycles. The number of nitrogens with zero attached hydrogens (tertiary/aromatic N) is 2. The van der Waals surface area contributed by atoms with Gasteiger partial charge in [-0.3, -0.25) is 13.9 Å². The maximum atomic E-state index is 13.7. The Bertz CT molecular complexity index is 1180. The van der Waals surface area contributed by atoms with Gasteiger partial charge >= 0.3 is 0 Å². The van der Waals surface area contributed by atoms with Gasteiger partial charge in [0, 0.05) is 12.1 Å². The van der Waals surface area contributed by atoms with E-state index in [2.05, 4.69) is 26.1 Å². The van der Waals surface area contributed by atoms with Crippen molar-refractivity contribution in [2.24, 2.45) is 0 Å². The summed E-state index contributed by atoms with van der Waals surface area (Å²) in [5.74, 6) is -1.29. The molecule has 0 bridgehead atoms. The van der Waals surface area contributed by atoms with Crippen LogP contribution in [0.5, 0.6) is 0 Å². The van der Waals surface area contributed by atoms with Gasteiger partial charge in [-0.1, -0.05) is 52.0 Å². The van der Waals surface area contributed by atoms with Gasteiger partial charge in [0.25, 0.3) is 0 Å². The number of carbonyl (C=O) groups excluding carboxylic acids is 2. The van der Waals surface area contributed by atoms with E-state index in [1.165, 1.54) is 17.0 Å². The number of amides is 2. The third-order valence-corrected chi connectivity index (χ3v) is 6.99. The Labute approximate surface area is 221 Å². The number of nitrogens with one attached hydrogen (secondary N) is 1. The zero-order valence-electron chi connectivity index (χ0n) is 23.1. The molecule has 0 fully saturated rings. The molecule has 0 spiro atoms. The molecule has 0 heterocycles. The van der Waals surface area contributed by atoms with Crippen molar-refractivity contribution in [1.29, 1.82) is 0 Å². The van der Waals surface area contributed by atoms with Crippen LogP contribution in [-0.2, 0) is 31.6 Å². The van der Waals surface area contributed by atoms with Gasteiger partial charge in [-0.05, 0) is 68.0 Å². The number of anilines is 1. The second-order valence-corrected chi connectivity index (χ2v) is 13.3. The van der Waals surface area contributed by atoms with Crippen molar-refractivity contribution in [3.8, 4) is 0 Å². The average molecular weight is 534 g/mol. The fourth-order valence-electron chi connectivity index (χ4n) is 3.90. The van der Waals surface area contributed by atoms with E-state index in [1.807, 2.05) is 32.9 Å². The molecule has 1 N–H and O–H groups in total. The number of hydrogen-bond acceptors (Lipinski definition) is 4. The van der Waals surface area contributed by atoms with Crippen LogP contribution in [0, 0.1) is 5.82 Å². The van der Waals surface area contributed by atoms with Gasteiger partial charge in [0.2, 0.25) is 21.8 Å². The Balaban J connectivity index is 2.46. The van der Waals surface area contributed by atoms with Crippen molar-refractivity contribution in [3.05, 3.63) is 65.5 Å². The minimum Gasteiger partial charge on any atom is -0.350 e. The highest BCUT2D eigenvalue weighted by molar-refractivity contribution is 7.92. The lowest BCUT2D eigenvalue weighted by atomic mass is 9.87. The van der Waals surface area contributed by atoms with Gasteiger partial charge in [-0.25, -0.2) is 12.8 Å². The molecular weight excluding hydrogens is 493 g/mol. The highest BCUT2D eigenvalue weighted by Gasteiger charge is 2.33. The van der Waals surface area contributed by atoms with Crippen LogP contribution in [0.3, 0.4) is 0 Å². The maximum Gasteiger partial charge on any atom is 0.244 e. The normalized spacial score (nSPS) is 13.1. The number of benzene rings is 2. The second kappa shape index (κ2) is 11.6. The first-order chi connectivity index (χ1) is 16.9. The third kappa shape index (κ3) is 8.84. The molecule has 2 aromatic rings. The number of carbonyl (C=O) groups is 2. The van der Waals surface area contributed by atoms with E-state index in [0.29, 0.717) is 17.7 Å². The largest absolute Gasteiger partial charge is 0.350 e. The predicted molar refractivity (Wildman–Crippen MR) is 146 cm³/mol. The van der Waals surface area contributed by atoms with Gasteiger partial charge in [0.05, 0.1) is 11.9 Å². The van der Waals surface area contributed by atoms with Crippen molar-refractivity contribution in [3.63, 3.8) is 0 Å². The van der Waals surface area contributed by atoms with E-state index in [-0.39, 0.29) is 17.9 Å². The molecule has 204 valence electrons. The first-order valence-corrected chi connectivity index (χ1v) is 14.2. The first-order valence-electron chi connectivity index (χ1n) is 12.4. The minimum absolute atomic E-state index is 0.0236. The van der Waals surface area contributed by atoms with Crippen LogP contribution < -0.4 is 9.62 Å². The van der Waals surface area contributed by atoms with Crippen LogP contribution in [0.15, 0.2) is 48.5 Å². The Morgan fingerprint density at radius 3 is 1.92 bits per heavy atom. The zero-order chi connectivity index (χ0) is 28.2. The summed E-state index contributed by atoms with van der Waals surface area (Å²) in [6.07, 6.45) is 1.36. The topological polar surface area (TPSA) is 86.8 Å². The van der Waals surface area contributed by atoms with Gasteiger partial charge < -0.3 is 10.2 Å². The van der Waals surface area contributed by atoms with Gasteiger partial charge in [0.1, 0.15) is 18.4 Å². The Morgan fingerprint density at radius 2 is 1.49 bits per heavy atom. The lowest BCUT2D eigenvalue weighted by molar-refractivity contribution is -0.141. The molecule has 2 amide bonds. The van der Waals surface area contributed by atoms with Crippen LogP contribution in [0.1, 0.15) is 66.0 Å². The van der Waals surface area contributed by atoms with Gasteiger partial charge in [0.15, 0.2) is 0 Å². The molecule has 0 saturated carbocycles.